The molecule has 20 heavy (non-hydrogen) atoms. The lowest BCUT2D eigenvalue weighted by atomic mass is 10.0. The van der Waals surface area contributed by atoms with Crippen LogP contribution in [-0.2, 0) is 6.54 Å². The number of benzene rings is 2. The number of hydrogen-bond acceptors (Lipinski definition) is 3. The highest BCUT2D eigenvalue weighted by molar-refractivity contribution is 6.03. The van der Waals surface area contributed by atoms with Gasteiger partial charge in [0.2, 0.25) is 0 Å². The molecular formula is C15H14N4O. The first-order chi connectivity index (χ1) is 9.74. The van der Waals surface area contributed by atoms with E-state index in [1.807, 2.05) is 42.5 Å². The molecule has 0 saturated heterocycles. The highest BCUT2D eigenvalue weighted by atomic mass is 16.1. The van der Waals surface area contributed by atoms with E-state index in [-0.39, 0.29) is 5.91 Å². The summed E-state index contributed by atoms with van der Waals surface area (Å²) in [4.78, 5) is 12.2. The minimum atomic E-state index is -0.192. The summed E-state index contributed by atoms with van der Waals surface area (Å²) in [6.45, 7) is 0.394. The molecule has 0 atom stereocenters. The topological polar surface area (TPSA) is 83.8 Å². The SMILES string of the molecule is Nc1cc2ccccc2cc1C(=O)NCc1ccn[nH]1. The molecule has 2 aromatic carbocycles. The second-order valence-electron chi connectivity index (χ2n) is 4.55. The minimum Gasteiger partial charge on any atom is -0.398 e. The van der Waals surface area contributed by atoms with Crippen molar-refractivity contribution in [3.05, 3.63) is 59.9 Å². The minimum absolute atomic E-state index is 0.192. The normalized spacial score (nSPS) is 10.6. The van der Waals surface area contributed by atoms with Crippen molar-refractivity contribution in [3.8, 4) is 0 Å². The van der Waals surface area contributed by atoms with Crippen LogP contribution in [0.5, 0.6) is 0 Å². The van der Waals surface area contributed by atoms with E-state index in [0.717, 1.165) is 16.5 Å². The molecular weight excluding hydrogens is 252 g/mol. The van der Waals surface area contributed by atoms with E-state index in [0.29, 0.717) is 17.8 Å². The molecule has 0 aliphatic rings. The molecule has 5 nitrogen and oxygen atoms in total. The molecule has 0 radical (unpaired) electrons. The molecule has 4 N–H and O–H groups in total. The van der Waals surface area contributed by atoms with Crippen molar-refractivity contribution in [2.45, 2.75) is 6.54 Å². The summed E-state index contributed by atoms with van der Waals surface area (Å²) in [5.41, 5.74) is 7.77. The zero-order chi connectivity index (χ0) is 13.9. The molecule has 3 rings (SSSR count). The van der Waals surface area contributed by atoms with E-state index in [4.69, 9.17) is 5.73 Å². The van der Waals surface area contributed by atoms with Crippen LogP contribution in [-0.4, -0.2) is 16.1 Å². The van der Waals surface area contributed by atoms with E-state index >= 15 is 0 Å². The number of nitrogens with two attached hydrogens (primary N) is 1. The first-order valence-electron chi connectivity index (χ1n) is 6.29. The lowest BCUT2D eigenvalue weighted by molar-refractivity contribution is 0.0951. The molecule has 0 fully saturated rings. The van der Waals surface area contributed by atoms with E-state index < -0.39 is 0 Å². The van der Waals surface area contributed by atoms with Crippen LogP contribution in [0.25, 0.3) is 10.8 Å². The number of carbonyl (C=O) groups excluding carboxylic acids is 1. The van der Waals surface area contributed by atoms with Gasteiger partial charge < -0.3 is 11.1 Å². The van der Waals surface area contributed by atoms with Gasteiger partial charge in [-0.25, -0.2) is 0 Å². The third kappa shape index (κ3) is 2.33. The maximum atomic E-state index is 12.2. The van der Waals surface area contributed by atoms with Gasteiger partial charge >= 0.3 is 0 Å². The van der Waals surface area contributed by atoms with Crippen molar-refractivity contribution in [3.63, 3.8) is 0 Å². The second kappa shape index (κ2) is 5.05. The highest BCUT2D eigenvalue weighted by Gasteiger charge is 2.10. The maximum Gasteiger partial charge on any atom is 0.253 e. The Bertz CT molecular complexity index is 750. The predicted molar refractivity (Wildman–Crippen MR) is 78.1 cm³/mol. The van der Waals surface area contributed by atoms with Crippen LogP contribution in [0.2, 0.25) is 0 Å². The van der Waals surface area contributed by atoms with Gasteiger partial charge in [0, 0.05) is 11.9 Å². The number of nitrogens with zero attached hydrogens (tertiary/aromatic N) is 1. The van der Waals surface area contributed by atoms with Crippen LogP contribution in [0.1, 0.15) is 16.1 Å². The molecule has 1 aromatic heterocycles. The maximum absolute atomic E-state index is 12.2. The number of rotatable bonds is 3. The number of nitrogen functional groups attached to an aromatic ring is 1. The van der Waals surface area contributed by atoms with Crippen LogP contribution in [0.15, 0.2) is 48.7 Å². The molecule has 0 saturated carbocycles. The molecule has 0 unspecified atom stereocenters. The van der Waals surface area contributed by atoms with Crippen LogP contribution in [0.4, 0.5) is 5.69 Å². The molecule has 3 aromatic rings. The molecule has 0 spiro atoms. The Morgan fingerprint density at radius 2 is 1.95 bits per heavy atom. The van der Waals surface area contributed by atoms with E-state index in [9.17, 15) is 4.79 Å². The zero-order valence-corrected chi connectivity index (χ0v) is 10.8. The average Bonchev–Trinajstić information content (AvgIpc) is 2.97. The number of aromatic nitrogens is 2. The van der Waals surface area contributed by atoms with Crippen molar-refractivity contribution in [2.75, 3.05) is 5.73 Å². The number of carbonyl (C=O) groups is 1. The number of nitrogens with one attached hydrogen (secondary N) is 2. The summed E-state index contributed by atoms with van der Waals surface area (Å²) in [6.07, 6.45) is 1.64. The van der Waals surface area contributed by atoms with Gasteiger partial charge in [0.15, 0.2) is 0 Å². The van der Waals surface area contributed by atoms with Crippen LogP contribution in [0.3, 0.4) is 0 Å². The molecule has 100 valence electrons. The lowest BCUT2D eigenvalue weighted by Gasteiger charge is -2.08. The third-order valence-corrected chi connectivity index (χ3v) is 3.16. The number of amides is 1. The van der Waals surface area contributed by atoms with Crippen LogP contribution in [0, 0.1) is 0 Å². The van der Waals surface area contributed by atoms with Gasteiger partial charge in [-0.2, -0.15) is 5.10 Å². The van der Waals surface area contributed by atoms with E-state index in [1.54, 1.807) is 6.20 Å². The summed E-state index contributed by atoms with van der Waals surface area (Å²) in [5, 5.41) is 11.5. The van der Waals surface area contributed by atoms with Gasteiger partial charge in [-0.15, -0.1) is 0 Å². The van der Waals surface area contributed by atoms with Crippen molar-refractivity contribution < 1.29 is 4.79 Å². The first-order valence-corrected chi connectivity index (χ1v) is 6.29. The molecule has 1 heterocycles. The molecule has 0 bridgehead atoms. The van der Waals surface area contributed by atoms with Crippen molar-refractivity contribution >= 4 is 22.4 Å². The highest BCUT2D eigenvalue weighted by Crippen LogP contribution is 2.21. The van der Waals surface area contributed by atoms with Crippen molar-refractivity contribution in [1.29, 1.82) is 0 Å². The summed E-state index contributed by atoms with van der Waals surface area (Å²) < 4.78 is 0. The standard InChI is InChI=1S/C15H14N4O/c16-14-8-11-4-2-1-3-10(11)7-13(14)15(20)17-9-12-5-6-18-19-12/h1-8H,9,16H2,(H,17,20)(H,18,19). The Kier molecular flexibility index (Phi) is 3.09. The van der Waals surface area contributed by atoms with E-state index in [2.05, 4.69) is 15.5 Å². The molecule has 0 aliphatic carbocycles. The van der Waals surface area contributed by atoms with Gasteiger partial charge in [-0.1, -0.05) is 24.3 Å². The van der Waals surface area contributed by atoms with Crippen molar-refractivity contribution in [2.24, 2.45) is 0 Å². The number of H-pyrrole nitrogens is 1. The fourth-order valence-electron chi connectivity index (χ4n) is 2.11. The van der Waals surface area contributed by atoms with Gasteiger partial charge in [0.1, 0.15) is 0 Å². The van der Waals surface area contributed by atoms with Crippen LogP contribution < -0.4 is 11.1 Å². The van der Waals surface area contributed by atoms with Crippen LogP contribution >= 0.6 is 0 Å². The fourth-order valence-corrected chi connectivity index (χ4v) is 2.11. The molecule has 1 amide bonds. The Labute approximate surface area is 115 Å². The Morgan fingerprint density at radius 1 is 1.20 bits per heavy atom. The summed E-state index contributed by atoms with van der Waals surface area (Å²) in [6, 6.07) is 13.3. The Morgan fingerprint density at radius 3 is 2.65 bits per heavy atom. The third-order valence-electron chi connectivity index (χ3n) is 3.16. The second-order valence-corrected chi connectivity index (χ2v) is 4.55. The fraction of sp³-hybridized carbons (Fsp3) is 0.0667. The summed E-state index contributed by atoms with van der Waals surface area (Å²) >= 11 is 0. The van der Waals surface area contributed by atoms with Crippen molar-refractivity contribution in [1.82, 2.24) is 15.5 Å². The van der Waals surface area contributed by atoms with E-state index in [1.165, 1.54) is 0 Å². The number of anilines is 1. The smallest absolute Gasteiger partial charge is 0.253 e. The number of aromatic amines is 1. The number of fused-ring (bicyclic) bond motifs is 1. The Hall–Kier alpha value is -2.82. The quantitative estimate of drug-likeness (QED) is 0.634. The summed E-state index contributed by atoms with van der Waals surface area (Å²) in [7, 11) is 0. The Balaban J connectivity index is 1.85. The lowest BCUT2D eigenvalue weighted by Crippen LogP contribution is -2.24. The number of hydrogen-bond donors (Lipinski definition) is 3. The van der Waals surface area contributed by atoms with Gasteiger partial charge in [0.25, 0.3) is 5.91 Å². The van der Waals surface area contributed by atoms with Gasteiger partial charge in [-0.3, -0.25) is 9.89 Å². The zero-order valence-electron chi connectivity index (χ0n) is 10.8. The van der Waals surface area contributed by atoms with Gasteiger partial charge in [-0.05, 0) is 29.0 Å². The summed E-state index contributed by atoms with van der Waals surface area (Å²) in [5.74, 6) is -0.192. The first kappa shape index (κ1) is 12.2. The molecule has 5 heteroatoms. The molecule has 0 aliphatic heterocycles. The predicted octanol–water partition coefficient (Wildman–Crippen LogP) is 2.08. The average molecular weight is 266 g/mol. The monoisotopic (exact) mass is 266 g/mol. The largest absolute Gasteiger partial charge is 0.398 e. The van der Waals surface area contributed by atoms with Gasteiger partial charge in [0.05, 0.1) is 17.8 Å².